The molecule has 10 rings (SSSR count). The van der Waals surface area contributed by atoms with Gasteiger partial charge in [0, 0.05) is 19.3 Å². The van der Waals surface area contributed by atoms with E-state index in [1.165, 1.54) is 81.8 Å². The molecule has 1 aliphatic carbocycles. The van der Waals surface area contributed by atoms with Crippen molar-refractivity contribution in [3.8, 4) is 51.7 Å². The van der Waals surface area contributed by atoms with Gasteiger partial charge in [0.1, 0.15) is 84.3 Å². The molecule has 0 heterocycles. The minimum atomic E-state index is -0.657. The second-order valence-electron chi connectivity index (χ2n) is 37.8. The van der Waals surface area contributed by atoms with Crippen LogP contribution in [0.2, 0.25) is 0 Å². The first-order valence-corrected chi connectivity index (χ1v) is 54.7. The van der Waals surface area contributed by atoms with Gasteiger partial charge in [0.15, 0.2) is 0 Å². The summed E-state index contributed by atoms with van der Waals surface area (Å²) in [5.74, 6) is 9.07. The van der Waals surface area contributed by atoms with Gasteiger partial charge < -0.3 is 98.8 Å². The maximum absolute atomic E-state index is 10.1. The predicted molar refractivity (Wildman–Crippen MR) is 590 cm³/mol. The van der Waals surface area contributed by atoms with Crippen LogP contribution in [-0.4, -0.2) is 147 Å². The summed E-state index contributed by atoms with van der Waals surface area (Å²) >= 11 is 0. The highest BCUT2D eigenvalue weighted by atomic mass is 16.5. The Morgan fingerprint density at radius 3 is 0.972 bits per heavy atom. The average molecular weight is 2000 g/mol. The molecule has 0 bridgehead atoms. The zero-order valence-electron chi connectivity index (χ0n) is 90.5. The van der Waals surface area contributed by atoms with Crippen LogP contribution in [0.5, 0.6) is 51.7 Å². The number of aliphatic hydroxyl groups excluding tert-OH is 11. The lowest BCUT2D eigenvalue weighted by Gasteiger charge is -2.21. The third-order valence-electron chi connectivity index (χ3n) is 24.2. The molecule has 0 saturated heterocycles. The van der Waals surface area contributed by atoms with Crippen LogP contribution in [0.4, 0.5) is 0 Å². The normalized spacial score (nSPS) is 13.4. The Labute approximate surface area is 868 Å². The van der Waals surface area contributed by atoms with E-state index in [0.717, 1.165) is 241 Å². The number of hydrogen-bond acceptors (Lipinski definition) is 20. The van der Waals surface area contributed by atoms with Gasteiger partial charge in [-0.25, -0.2) is 0 Å². The number of unbranched alkanes of at least 4 members (excludes halogenated alkanes) is 4. The average Bonchev–Trinajstić information content (AvgIpc) is 0.888. The van der Waals surface area contributed by atoms with E-state index in [1.54, 1.807) is 0 Å². The van der Waals surface area contributed by atoms with Crippen molar-refractivity contribution >= 4 is 0 Å². The highest BCUT2D eigenvalue weighted by Gasteiger charge is 2.19. The molecule has 1 aliphatic rings. The summed E-state index contributed by atoms with van der Waals surface area (Å²) in [6, 6.07) is 71.7. The largest absolute Gasteiger partial charge is 0.494 e. The van der Waals surface area contributed by atoms with Gasteiger partial charge in [-0.05, 0) is 288 Å². The van der Waals surface area contributed by atoms with Crippen molar-refractivity contribution in [3.05, 3.63) is 269 Å². The molecule has 144 heavy (non-hydrogen) atoms. The summed E-state index contributed by atoms with van der Waals surface area (Å²) in [4.78, 5) is 0. The van der Waals surface area contributed by atoms with E-state index >= 15 is 0 Å². The summed E-state index contributed by atoms with van der Waals surface area (Å²) in [7, 11) is 0. The summed E-state index contributed by atoms with van der Waals surface area (Å²) in [6.07, 6.45) is 29.8. The molecule has 0 aliphatic heterocycles. The zero-order chi connectivity index (χ0) is 105. The van der Waals surface area contributed by atoms with Crippen molar-refractivity contribution in [2.24, 2.45) is 17.8 Å². The fourth-order valence-electron chi connectivity index (χ4n) is 15.6. The van der Waals surface area contributed by atoms with E-state index in [2.05, 4.69) is 91.8 Å². The van der Waals surface area contributed by atoms with E-state index in [0.29, 0.717) is 43.7 Å². The Bertz CT molecular complexity index is 4500. The lowest BCUT2D eigenvalue weighted by atomic mass is 9.90. The smallest absolute Gasteiger partial charge is 0.122 e. The number of rotatable bonds is 61. The molecular formula is C124H190O20. The van der Waals surface area contributed by atoms with Crippen LogP contribution in [0.15, 0.2) is 224 Å². The Balaban J connectivity index is 0.000000423. The molecule has 0 amide bonds. The van der Waals surface area contributed by atoms with Gasteiger partial charge in [0.2, 0.25) is 0 Å². The standard InChI is InChI=1S/C18H22O3.C16H24O2.C16H26O.3C15H24O3.C15H24O2.C14H22O3/c1-2-7-17(19)15-10-6-11-16(12-15)21-13-18(20)14-8-4-3-5-9-14;1-2-11-17-15-9-6-10-16(12-15)18-13-14-7-4-3-5-8-14;1-4-8-15(9-5-2)13-17-16-11-7-10-14(6-3)12-16;1-4-6-14(16)12-7-5-8-13(9-12)18-10-15(17)11(2)3;1-3-6-13(16)11-18-14-9-5-8-12(10-14)15(17)7-4-2;1-2-7-15(17)13-8-6-9-14(12-13)18-11-5-3-4-10-16;1-3-5-8-13-9-6-10-15(11-13)17-12-14(16)7-4-2;1-2-6-14(16)12-7-5-8-13(11-12)17-10-4-3-9-15/h3-6,8-12,17-20H,2,7,13H2,1H3;6,9-10,12,14H,2-5,7-8,11,13H2,1H3;7,10-12,15H,4-6,8-9,13H2,1-3H3;5,7-9,11,14-17H,4,6,10H2,1-3H3;5,8-10,13,15-17H,3-4,6-7,11H2,1-2H3;6,8-9,12,15-17H,2-5,7,10-11H2,1H3;6,9-11,14,16H,3-5,7-8,12H2,1-2H3;5,7-8,11,14-16H,2-4,6,9-10H2,1H3. The predicted octanol–water partition coefficient (Wildman–Crippen LogP) is 28.2. The Hall–Kier alpha value is -9.26. The van der Waals surface area contributed by atoms with Crippen molar-refractivity contribution in [1.82, 2.24) is 0 Å². The van der Waals surface area contributed by atoms with E-state index in [1.807, 2.05) is 230 Å². The van der Waals surface area contributed by atoms with Crippen molar-refractivity contribution in [2.75, 3.05) is 72.7 Å². The van der Waals surface area contributed by atoms with Crippen molar-refractivity contribution in [1.29, 1.82) is 0 Å². The number of aryl methyl sites for hydroxylation is 2. The molecule has 0 aromatic heterocycles. The molecule has 9 unspecified atom stereocenters. The van der Waals surface area contributed by atoms with Crippen LogP contribution in [0.3, 0.4) is 0 Å². The zero-order valence-corrected chi connectivity index (χ0v) is 90.5. The van der Waals surface area contributed by atoms with Crippen molar-refractivity contribution in [2.45, 2.75) is 364 Å². The molecule has 1 fully saturated rings. The van der Waals surface area contributed by atoms with Crippen LogP contribution in [0.25, 0.3) is 0 Å². The molecule has 9 atom stereocenters. The molecule has 1 saturated carbocycles. The van der Waals surface area contributed by atoms with E-state index in [9.17, 15) is 46.0 Å². The van der Waals surface area contributed by atoms with Gasteiger partial charge in [-0.2, -0.15) is 0 Å². The summed E-state index contributed by atoms with van der Waals surface area (Å²) in [5, 5.41) is 106. The molecule has 20 heteroatoms. The molecule has 20 nitrogen and oxygen atoms in total. The third-order valence-corrected chi connectivity index (χ3v) is 24.2. The number of hydrogen-bond donors (Lipinski definition) is 11. The number of benzene rings is 9. The third kappa shape index (κ3) is 60.7. The Morgan fingerprint density at radius 1 is 0.257 bits per heavy atom. The van der Waals surface area contributed by atoms with Crippen molar-refractivity contribution < 1.29 is 98.8 Å². The summed E-state index contributed by atoms with van der Waals surface area (Å²) in [6.45, 7) is 34.6. The van der Waals surface area contributed by atoms with Gasteiger partial charge in [0.05, 0.1) is 81.9 Å². The molecule has 11 N–H and O–H groups in total. The SMILES string of the molecule is CCCC(CCC)COc1cccc(CC)c1.CCCC(O)COc1cccc(C(O)CCC)c1.CCCC(O)c1cccc(OCC(O)C(C)C)c1.CCCC(O)c1cccc(OCC(O)c2ccccc2)c1.CCCC(O)c1cccc(OCCCCCO)c1.CCCC(O)c1cccc(OCCCCO)c1.CCCCc1cccc(OCC(O)CCC)c1.CCCOc1cccc(OCC2CCCCC2)c1. The minimum absolute atomic E-state index is 0.180. The number of aliphatic hydroxyl groups is 11. The first-order chi connectivity index (χ1) is 69.9. The Morgan fingerprint density at radius 2 is 0.583 bits per heavy atom. The fraction of sp³-hybridized carbons (Fsp3) is 0.565. The monoisotopic (exact) mass is 2000 g/mol. The maximum atomic E-state index is 10.1. The van der Waals surface area contributed by atoms with E-state index in [-0.39, 0.29) is 38.4 Å². The van der Waals surface area contributed by atoms with Gasteiger partial charge >= 0.3 is 0 Å². The highest BCUT2D eigenvalue weighted by Crippen LogP contribution is 2.32. The molecular weight excluding hydrogens is 1810 g/mol. The number of ether oxygens (including phenoxy) is 9. The fourth-order valence-corrected chi connectivity index (χ4v) is 15.6. The van der Waals surface area contributed by atoms with Gasteiger partial charge in [-0.15, -0.1) is 0 Å². The minimum Gasteiger partial charge on any atom is -0.494 e. The lowest BCUT2D eigenvalue weighted by molar-refractivity contribution is 0.0699. The second-order valence-corrected chi connectivity index (χ2v) is 37.8. The molecule has 0 radical (unpaired) electrons. The maximum Gasteiger partial charge on any atom is 0.122 e. The molecule has 9 aromatic rings. The van der Waals surface area contributed by atoms with Crippen LogP contribution >= 0.6 is 0 Å². The van der Waals surface area contributed by atoms with Crippen LogP contribution in [0.1, 0.15) is 377 Å². The molecule has 9 aromatic carbocycles. The van der Waals surface area contributed by atoms with Crippen LogP contribution in [-0.2, 0) is 12.8 Å². The summed E-state index contributed by atoms with van der Waals surface area (Å²) in [5.41, 5.74) is 7.92. The topological polar surface area (TPSA) is 306 Å². The van der Waals surface area contributed by atoms with Crippen LogP contribution in [0, 0.1) is 17.8 Å². The van der Waals surface area contributed by atoms with E-state index in [4.69, 9.17) is 52.8 Å². The first-order valence-electron chi connectivity index (χ1n) is 54.7. The molecule has 0 spiro atoms. The van der Waals surface area contributed by atoms with Crippen molar-refractivity contribution in [3.63, 3.8) is 0 Å². The van der Waals surface area contributed by atoms with Gasteiger partial charge in [-0.1, -0.05) is 302 Å². The van der Waals surface area contributed by atoms with Gasteiger partial charge in [0.25, 0.3) is 0 Å². The van der Waals surface area contributed by atoms with Crippen LogP contribution < -0.4 is 42.6 Å². The first kappa shape index (κ1) is 129. The highest BCUT2D eigenvalue weighted by molar-refractivity contribution is 5.36. The lowest BCUT2D eigenvalue weighted by Crippen LogP contribution is -2.23. The van der Waals surface area contributed by atoms with Gasteiger partial charge in [-0.3, -0.25) is 0 Å². The Kier molecular flexibility index (Phi) is 75.0. The van der Waals surface area contributed by atoms with E-state index < -0.39 is 48.8 Å². The summed E-state index contributed by atoms with van der Waals surface area (Å²) < 4.78 is 50.9. The molecule has 806 valence electrons. The quantitative estimate of drug-likeness (QED) is 0.0158. The second kappa shape index (κ2) is 83.8.